The van der Waals surface area contributed by atoms with E-state index in [1.807, 2.05) is 18.2 Å². The Hall–Kier alpha value is -1.16. The minimum absolute atomic E-state index is 0.0486. The largest absolute Gasteiger partial charge is 0.352 e. The van der Waals surface area contributed by atoms with Crippen molar-refractivity contribution in [2.75, 3.05) is 12.8 Å². The van der Waals surface area contributed by atoms with Gasteiger partial charge in [-0.1, -0.05) is 26.0 Å². The van der Waals surface area contributed by atoms with E-state index in [-0.39, 0.29) is 5.91 Å². The molecule has 0 fully saturated rings. The summed E-state index contributed by atoms with van der Waals surface area (Å²) in [5, 5.41) is 2.92. The minimum atomic E-state index is -0.882. The van der Waals surface area contributed by atoms with Gasteiger partial charge in [0.2, 0.25) is 0 Å². The number of rotatable bonds is 7. The Bertz CT molecular complexity index is 444. The maximum absolute atomic E-state index is 11.9. The van der Waals surface area contributed by atoms with Gasteiger partial charge in [0.05, 0.1) is 0 Å². The third-order valence-electron chi connectivity index (χ3n) is 2.80. The van der Waals surface area contributed by atoms with Crippen LogP contribution in [0.15, 0.2) is 24.3 Å². The highest BCUT2D eigenvalue weighted by Gasteiger charge is 2.06. The average Bonchev–Trinajstić information content (AvgIpc) is 2.33. The summed E-state index contributed by atoms with van der Waals surface area (Å²) in [5.41, 5.74) is 1.59. The molecule has 0 aliphatic carbocycles. The Morgan fingerprint density at radius 1 is 1.37 bits per heavy atom. The summed E-state index contributed by atoms with van der Waals surface area (Å²) in [5.74, 6) is 1.11. The highest BCUT2D eigenvalue weighted by Crippen LogP contribution is 2.08. The molecule has 0 aliphatic rings. The van der Waals surface area contributed by atoms with E-state index < -0.39 is 10.8 Å². The topological polar surface area (TPSA) is 46.2 Å². The Labute approximate surface area is 118 Å². The lowest BCUT2D eigenvalue weighted by atomic mass is 10.1. The lowest BCUT2D eigenvalue weighted by Gasteiger charge is -2.08. The van der Waals surface area contributed by atoms with Crippen LogP contribution in [-0.2, 0) is 16.6 Å². The van der Waals surface area contributed by atoms with Crippen molar-refractivity contribution in [1.29, 1.82) is 0 Å². The molecule has 106 valence electrons. The van der Waals surface area contributed by atoms with Gasteiger partial charge < -0.3 is 5.32 Å². The molecule has 1 unspecified atom stereocenters. The summed E-state index contributed by atoms with van der Waals surface area (Å²) in [6, 6.07) is 7.35. The molecule has 0 saturated carbocycles. The lowest BCUT2D eigenvalue weighted by Crippen LogP contribution is -2.24. The number of benzene rings is 1. The molecule has 3 nitrogen and oxygen atoms in total. The normalized spacial score (nSPS) is 12.4. The Morgan fingerprint density at radius 2 is 2.11 bits per heavy atom. The smallest absolute Gasteiger partial charge is 0.251 e. The summed E-state index contributed by atoms with van der Waals surface area (Å²) < 4.78 is 11.2. The zero-order chi connectivity index (χ0) is 14.3. The summed E-state index contributed by atoms with van der Waals surface area (Å²) in [4.78, 5) is 11.9. The second-order valence-electron chi connectivity index (χ2n) is 5.21. The van der Waals surface area contributed by atoms with E-state index in [0.29, 0.717) is 23.8 Å². The molecule has 1 aromatic rings. The second kappa shape index (κ2) is 8.10. The third kappa shape index (κ3) is 6.53. The van der Waals surface area contributed by atoms with Gasteiger partial charge in [-0.2, -0.15) is 0 Å². The molecule has 0 saturated heterocycles. The first-order valence-electron chi connectivity index (χ1n) is 6.66. The van der Waals surface area contributed by atoms with Crippen LogP contribution in [0.1, 0.15) is 42.6 Å². The van der Waals surface area contributed by atoms with Gasteiger partial charge in [0.25, 0.3) is 5.91 Å². The van der Waals surface area contributed by atoms with Gasteiger partial charge in [-0.3, -0.25) is 9.00 Å². The number of hydrogen-bond acceptors (Lipinski definition) is 2. The number of carbonyl (C=O) groups is 1. The van der Waals surface area contributed by atoms with Gasteiger partial charge in [0, 0.05) is 34.9 Å². The molecule has 4 heteroatoms. The fraction of sp³-hybridized carbons (Fsp3) is 0.533. The van der Waals surface area contributed by atoms with Gasteiger partial charge in [-0.15, -0.1) is 0 Å². The maximum atomic E-state index is 11.9. The van der Waals surface area contributed by atoms with E-state index in [2.05, 4.69) is 19.2 Å². The van der Waals surface area contributed by atoms with Crippen molar-refractivity contribution in [1.82, 2.24) is 5.32 Å². The van der Waals surface area contributed by atoms with Gasteiger partial charge in [-0.05, 0) is 36.5 Å². The van der Waals surface area contributed by atoms with Crippen molar-refractivity contribution in [2.45, 2.75) is 32.4 Å². The predicted molar refractivity (Wildman–Crippen MR) is 80.6 cm³/mol. The Morgan fingerprint density at radius 3 is 2.74 bits per heavy atom. The number of amides is 1. The second-order valence-corrected chi connectivity index (χ2v) is 6.64. The molecule has 0 bridgehead atoms. The highest BCUT2D eigenvalue weighted by molar-refractivity contribution is 7.83. The van der Waals surface area contributed by atoms with Crippen LogP contribution in [0.25, 0.3) is 0 Å². The van der Waals surface area contributed by atoms with Crippen LogP contribution in [0.3, 0.4) is 0 Å². The quantitative estimate of drug-likeness (QED) is 0.781. The van der Waals surface area contributed by atoms with E-state index in [9.17, 15) is 9.00 Å². The summed E-state index contributed by atoms with van der Waals surface area (Å²) in [7, 11) is -0.882. The van der Waals surface area contributed by atoms with E-state index in [1.54, 1.807) is 12.3 Å². The summed E-state index contributed by atoms with van der Waals surface area (Å²) >= 11 is 0. The van der Waals surface area contributed by atoms with Crippen molar-refractivity contribution in [3.63, 3.8) is 0 Å². The van der Waals surface area contributed by atoms with Crippen LogP contribution < -0.4 is 5.32 Å². The summed E-state index contributed by atoms with van der Waals surface area (Å²) in [6.45, 7) is 5.06. The SMILES string of the molecule is CC(C)CCCNC(=O)c1cccc(CS(C)=O)c1. The zero-order valence-corrected chi connectivity index (χ0v) is 12.8. The van der Waals surface area contributed by atoms with Crippen molar-refractivity contribution in [3.8, 4) is 0 Å². The molecular weight excluding hydrogens is 258 g/mol. The van der Waals surface area contributed by atoms with Gasteiger partial charge in [0.15, 0.2) is 0 Å². The number of carbonyl (C=O) groups excluding carboxylic acids is 1. The molecule has 1 atom stereocenters. The lowest BCUT2D eigenvalue weighted by molar-refractivity contribution is 0.0952. The molecule has 1 aromatic carbocycles. The molecule has 0 radical (unpaired) electrons. The van der Waals surface area contributed by atoms with E-state index in [1.165, 1.54) is 0 Å². The standard InChI is InChI=1S/C15H23NO2S/c1-12(2)6-5-9-16-15(17)14-8-4-7-13(10-14)11-19(3)18/h4,7-8,10,12H,5-6,9,11H2,1-3H3,(H,16,17). The minimum Gasteiger partial charge on any atom is -0.352 e. The van der Waals surface area contributed by atoms with Crippen molar-refractivity contribution in [3.05, 3.63) is 35.4 Å². The zero-order valence-electron chi connectivity index (χ0n) is 11.9. The van der Waals surface area contributed by atoms with Crippen LogP contribution in [-0.4, -0.2) is 22.9 Å². The van der Waals surface area contributed by atoms with E-state index >= 15 is 0 Å². The van der Waals surface area contributed by atoms with Crippen LogP contribution in [0.5, 0.6) is 0 Å². The van der Waals surface area contributed by atoms with Crippen molar-refractivity contribution < 1.29 is 9.00 Å². The van der Waals surface area contributed by atoms with Gasteiger partial charge >= 0.3 is 0 Å². The van der Waals surface area contributed by atoms with E-state index in [0.717, 1.165) is 18.4 Å². The molecule has 0 heterocycles. The Balaban J connectivity index is 2.50. The van der Waals surface area contributed by atoms with Crippen molar-refractivity contribution >= 4 is 16.7 Å². The fourth-order valence-electron chi connectivity index (χ4n) is 1.85. The van der Waals surface area contributed by atoms with E-state index in [4.69, 9.17) is 0 Å². The first-order valence-corrected chi connectivity index (χ1v) is 8.39. The molecule has 1 rings (SSSR count). The maximum Gasteiger partial charge on any atom is 0.251 e. The highest BCUT2D eigenvalue weighted by atomic mass is 32.2. The fourth-order valence-corrected chi connectivity index (χ4v) is 2.50. The monoisotopic (exact) mass is 281 g/mol. The van der Waals surface area contributed by atoms with Crippen LogP contribution in [0.2, 0.25) is 0 Å². The first-order chi connectivity index (χ1) is 8.99. The predicted octanol–water partition coefficient (Wildman–Crippen LogP) is 2.73. The van der Waals surface area contributed by atoms with Crippen LogP contribution in [0.4, 0.5) is 0 Å². The van der Waals surface area contributed by atoms with Crippen LogP contribution in [0, 0.1) is 5.92 Å². The molecule has 0 aliphatic heterocycles. The molecule has 1 N–H and O–H groups in total. The molecule has 1 amide bonds. The Kier molecular flexibility index (Phi) is 6.78. The molecule has 19 heavy (non-hydrogen) atoms. The van der Waals surface area contributed by atoms with Crippen molar-refractivity contribution in [2.24, 2.45) is 5.92 Å². The average molecular weight is 281 g/mol. The molecular formula is C15H23NO2S. The summed E-state index contributed by atoms with van der Waals surface area (Å²) in [6.07, 6.45) is 3.79. The van der Waals surface area contributed by atoms with Gasteiger partial charge in [0.1, 0.15) is 0 Å². The molecule has 0 aromatic heterocycles. The third-order valence-corrected chi connectivity index (χ3v) is 3.54. The number of hydrogen-bond donors (Lipinski definition) is 1. The van der Waals surface area contributed by atoms with Gasteiger partial charge in [-0.25, -0.2) is 0 Å². The molecule has 0 spiro atoms. The number of nitrogens with one attached hydrogen (secondary N) is 1. The van der Waals surface area contributed by atoms with Crippen LogP contribution >= 0.6 is 0 Å². The first kappa shape index (κ1) is 15.9.